The van der Waals surface area contributed by atoms with Crippen molar-refractivity contribution in [3.8, 4) is 0 Å². The molecular formula is C24H26N6O3+2. The summed E-state index contributed by atoms with van der Waals surface area (Å²) < 4.78 is 9.19. The molecule has 168 valence electrons. The summed E-state index contributed by atoms with van der Waals surface area (Å²) in [6.07, 6.45) is 6.93. The van der Waals surface area contributed by atoms with Gasteiger partial charge < -0.3 is 10.1 Å². The first-order valence-electron chi connectivity index (χ1n) is 11.0. The van der Waals surface area contributed by atoms with E-state index in [0.29, 0.717) is 36.4 Å². The highest BCUT2D eigenvalue weighted by Crippen LogP contribution is 2.17. The molecule has 0 saturated carbocycles. The Morgan fingerprint density at radius 1 is 1.39 bits per heavy atom. The topological polar surface area (TPSA) is 117 Å². The molecule has 0 radical (unpaired) electrons. The molecule has 1 amide bonds. The number of nitrogen functional groups attached to an aromatic ring is 1. The van der Waals surface area contributed by atoms with Gasteiger partial charge in [0.1, 0.15) is 23.6 Å². The van der Waals surface area contributed by atoms with Crippen molar-refractivity contribution in [2.75, 3.05) is 12.3 Å². The zero-order valence-electron chi connectivity index (χ0n) is 18.4. The van der Waals surface area contributed by atoms with Crippen molar-refractivity contribution in [1.82, 2.24) is 14.7 Å². The molecule has 1 atom stereocenters. The molecule has 5 rings (SSSR count). The number of fused-ring (bicyclic) bond motifs is 2. The maximum atomic E-state index is 13.4. The average Bonchev–Trinajstić information content (AvgIpc) is 3.34. The van der Waals surface area contributed by atoms with Crippen LogP contribution in [0.5, 0.6) is 0 Å². The number of anilines is 1. The van der Waals surface area contributed by atoms with Gasteiger partial charge in [-0.3, -0.25) is 20.3 Å². The summed E-state index contributed by atoms with van der Waals surface area (Å²) in [5.41, 5.74) is 9.62. The lowest BCUT2D eigenvalue weighted by atomic mass is 10.1. The zero-order chi connectivity index (χ0) is 22.9. The third-order valence-electron chi connectivity index (χ3n) is 6.09. The Morgan fingerprint density at radius 3 is 3.03 bits per heavy atom. The number of aromatic amines is 1. The lowest BCUT2D eigenvalue weighted by Crippen LogP contribution is -2.49. The number of hydrogen-bond acceptors (Lipinski definition) is 5. The van der Waals surface area contributed by atoms with Crippen molar-refractivity contribution in [2.45, 2.75) is 39.0 Å². The second-order valence-electron chi connectivity index (χ2n) is 8.34. The van der Waals surface area contributed by atoms with Crippen molar-refractivity contribution in [3.05, 3.63) is 76.0 Å². The Labute approximate surface area is 189 Å². The summed E-state index contributed by atoms with van der Waals surface area (Å²) in [5, 5.41) is 3.27. The third kappa shape index (κ3) is 3.91. The molecule has 33 heavy (non-hydrogen) atoms. The molecule has 0 spiro atoms. The minimum atomic E-state index is -0.354. The molecule has 9 heteroatoms. The third-order valence-corrected chi connectivity index (χ3v) is 6.09. The van der Waals surface area contributed by atoms with Crippen molar-refractivity contribution in [2.24, 2.45) is 0 Å². The Morgan fingerprint density at radius 2 is 2.27 bits per heavy atom. The number of aryl methyl sites for hydroxylation is 1. The Hall–Kier alpha value is -3.85. The van der Waals surface area contributed by atoms with Crippen LogP contribution in [0.4, 0.5) is 5.82 Å². The summed E-state index contributed by atoms with van der Waals surface area (Å²) in [5.74, 6) is -0.0663. The smallest absolute Gasteiger partial charge is 0.353 e. The van der Waals surface area contributed by atoms with Gasteiger partial charge in [-0.05, 0) is 43.5 Å². The van der Waals surface area contributed by atoms with Gasteiger partial charge >= 0.3 is 11.5 Å². The largest absolute Gasteiger partial charge is 0.373 e. The van der Waals surface area contributed by atoms with Gasteiger partial charge in [0.25, 0.3) is 11.5 Å². The minimum absolute atomic E-state index is 0.0297. The summed E-state index contributed by atoms with van der Waals surface area (Å²) >= 11 is 0. The Balaban J connectivity index is 1.65. The number of ether oxygens (including phenoxy) is 1. The van der Waals surface area contributed by atoms with Gasteiger partial charge in [0, 0.05) is 37.3 Å². The molecule has 0 aliphatic carbocycles. The van der Waals surface area contributed by atoms with E-state index in [2.05, 4.69) is 15.3 Å². The predicted molar refractivity (Wildman–Crippen MR) is 121 cm³/mol. The van der Waals surface area contributed by atoms with Crippen LogP contribution in [0.2, 0.25) is 0 Å². The van der Waals surface area contributed by atoms with Crippen LogP contribution in [0.15, 0.2) is 53.7 Å². The SMILES string of the molecule is Cc1cccn2c(=O)c3cc(C(=O)NCc4cccnc4)c(N)[n+](C[C@H]4CCCO4)c3[nH+]c12. The van der Waals surface area contributed by atoms with Crippen LogP contribution >= 0.6 is 0 Å². The molecule has 1 aliphatic heterocycles. The first kappa shape index (κ1) is 21.0. The number of rotatable bonds is 5. The fourth-order valence-electron chi connectivity index (χ4n) is 4.33. The van der Waals surface area contributed by atoms with Crippen LogP contribution in [-0.4, -0.2) is 28.0 Å². The lowest BCUT2D eigenvalue weighted by molar-refractivity contribution is -0.696. The van der Waals surface area contributed by atoms with Crippen LogP contribution in [0.1, 0.15) is 34.3 Å². The van der Waals surface area contributed by atoms with E-state index >= 15 is 0 Å². The standard InChI is InChI=1S/C24H24N6O3/c1-15-5-3-9-29-21(15)28-22-19(24(29)32)11-18(20(25)30(22)14-17-7-4-10-33-17)23(31)27-13-16-6-2-8-26-12-16/h2-3,5-6,8-9,11-12,17,25H,4,7,10,13-14H2,1H3,(H,27,31)/p+2/t17-/m1/s1. The second-order valence-corrected chi connectivity index (χ2v) is 8.34. The maximum Gasteiger partial charge on any atom is 0.353 e. The van der Waals surface area contributed by atoms with Crippen LogP contribution in [0.3, 0.4) is 0 Å². The van der Waals surface area contributed by atoms with Gasteiger partial charge in [0.2, 0.25) is 5.65 Å². The van der Waals surface area contributed by atoms with E-state index in [4.69, 9.17) is 10.5 Å². The number of nitrogens with two attached hydrogens (primary N) is 1. The number of nitrogens with one attached hydrogen (secondary N) is 2. The Bertz CT molecular complexity index is 1410. The maximum absolute atomic E-state index is 13.4. The van der Waals surface area contributed by atoms with Crippen molar-refractivity contribution in [3.63, 3.8) is 0 Å². The number of aromatic nitrogens is 4. The number of carbonyl (C=O) groups excluding carboxylic acids is 1. The van der Waals surface area contributed by atoms with Gasteiger partial charge in [-0.1, -0.05) is 12.1 Å². The van der Waals surface area contributed by atoms with Gasteiger partial charge in [-0.15, -0.1) is 0 Å². The average molecular weight is 447 g/mol. The number of amides is 1. The molecule has 0 aromatic carbocycles. The van der Waals surface area contributed by atoms with E-state index in [1.165, 1.54) is 0 Å². The van der Waals surface area contributed by atoms with Gasteiger partial charge in [-0.2, -0.15) is 9.55 Å². The van der Waals surface area contributed by atoms with Crippen LogP contribution in [0.25, 0.3) is 16.7 Å². The van der Waals surface area contributed by atoms with Gasteiger partial charge in [0.05, 0.1) is 0 Å². The van der Waals surface area contributed by atoms with Crippen LogP contribution in [-0.2, 0) is 17.8 Å². The second kappa shape index (κ2) is 8.59. The zero-order valence-corrected chi connectivity index (χ0v) is 18.4. The minimum Gasteiger partial charge on any atom is -0.373 e. The van der Waals surface area contributed by atoms with Crippen LogP contribution in [0, 0.1) is 6.92 Å². The van der Waals surface area contributed by atoms with Crippen molar-refractivity contribution in [1.29, 1.82) is 0 Å². The monoisotopic (exact) mass is 446 g/mol. The molecule has 1 fully saturated rings. The molecule has 0 bridgehead atoms. The van der Waals surface area contributed by atoms with Crippen molar-refractivity contribution >= 4 is 28.4 Å². The summed E-state index contributed by atoms with van der Waals surface area (Å²) in [4.78, 5) is 34.0. The number of carbonyl (C=O) groups is 1. The highest BCUT2D eigenvalue weighted by molar-refractivity contribution is 5.99. The molecule has 5 heterocycles. The number of nitrogens with zero attached hydrogens (tertiary/aromatic N) is 3. The highest BCUT2D eigenvalue weighted by Gasteiger charge is 2.31. The number of H-pyrrole nitrogens is 1. The number of pyridine rings is 3. The van der Waals surface area contributed by atoms with E-state index in [1.807, 2.05) is 31.2 Å². The van der Waals surface area contributed by atoms with E-state index < -0.39 is 0 Å². The van der Waals surface area contributed by atoms with E-state index in [9.17, 15) is 9.59 Å². The quantitative estimate of drug-likeness (QED) is 0.350. The molecular weight excluding hydrogens is 420 g/mol. The Kier molecular flexibility index (Phi) is 5.47. The number of hydrogen-bond donors (Lipinski definition) is 2. The van der Waals surface area contributed by atoms with Crippen molar-refractivity contribution < 1.29 is 19.1 Å². The molecule has 4 N–H and O–H groups in total. The highest BCUT2D eigenvalue weighted by atomic mass is 16.5. The summed E-state index contributed by atoms with van der Waals surface area (Å²) in [6, 6.07) is 9.02. The fourth-order valence-corrected chi connectivity index (χ4v) is 4.33. The first-order valence-corrected chi connectivity index (χ1v) is 11.0. The molecule has 9 nitrogen and oxygen atoms in total. The molecule has 0 unspecified atom stereocenters. The van der Waals surface area contributed by atoms with E-state index in [-0.39, 0.29) is 29.0 Å². The van der Waals surface area contributed by atoms with Gasteiger partial charge in [-0.25, -0.2) is 4.40 Å². The summed E-state index contributed by atoms with van der Waals surface area (Å²) in [7, 11) is 0. The van der Waals surface area contributed by atoms with E-state index in [1.54, 1.807) is 33.6 Å². The fraction of sp³-hybridized carbons (Fsp3) is 0.292. The predicted octanol–water partition coefficient (Wildman–Crippen LogP) is 0.949. The molecule has 4 aromatic rings. The molecule has 4 aromatic heterocycles. The lowest BCUT2D eigenvalue weighted by Gasteiger charge is -2.12. The van der Waals surface area contributed by atoms with E-state index in [0.717, 1.165) is 24.0 Å². The normalized spacial score (nSPS) is 15.8. The molecule has 1 saturated heterocycles. The van der Waals surface area contributed by atoms with Gasteiger partial charge in [0.15, 0.2) is 0 Å². The van der Waals surface area contributed by atoms with Crippen LogP contribution < -0.4 is 26.2 Å². The summed E-state index contributed by atoms with van der Waals surface area (Å²) in [6.45, 7) is 3.38. The molecule has 1 aliphatic rings. The first-order chi connectivity index (χ1) is 16.0.